The number of carbonyl (C=O) groups excluding carboxylic acids is 1. The van der Waals surface area contributed by atoms with Crippen LogP contribution in [0.3, 0.4) is 0 Å². The maximum atomic E-state index is 12.2. The quantitative estimate of drug-likeness (QED) is 0.396. The Morgan fingerprint density at radius 1 is 1.28 bits per heavy atom. The average molecular weight is 408 g/mol. The van der Waals surface area contributed by atoms with E-state index in [2.05, 4.69) is 24.1 Å². The molecule has 9 nitrogen and oxygen atoms in total. The lowest BCUT2D eigenvalue weighted by Gasteiger charge is -2.24. The number of nitrogens with zero attached hydrogens (tertiary/aromatic N) is 1. The molecule has 29 heavy (non-hydrogen) atoms. The lowest BCUT2D eigenvalue weighted by molar-refractivity contribution is -0.203. The zero-order valence-corrected chi connectivity index (χ0v) is 17.0. The number of H-pyrrole nitrogens is 1. The molecule has 0 bridgehead atoms. The summed E-state index contributed by atoms with van der Waals surface area (Å²) >= 11 is 0. The molecule has 2 fully saturated rings. The molecular formula is C20H28N2O7. The molecule has 1 unspecified atom stereocenters. The molecule has 2 aliphatic heterocycles. The van der Waals surface area contributed by atoms with Crippen LogP contribution in [0.15, 0.2) is 34.0 Å². The van der Waals surface area contributed by atoms with Crippen LogP contribution in [0.5, 0.6) is 0 Å². The van der Waals surface area contributed by atoms with Crippen LogP contribution < -0.4 is 11.2 Å². The van der Waals surface area contributed by atoms with Gasteiger partial charge in [-0.2, -0.15) is 0 Å². The molecule has 0 amide bonds. The number of unbranched alkanes of at least 4 members (excludes halogenated alkanes) is 1. The monoisotopic (exact) mass is 408 g/mol. The summed E-state index contributed by atoms with van der Waals surface area (Å²) < 4.78 is 24.4. The van der Waals surface area contributed by atoms with E-state index in [1.54, 1.807) is 13.8 Å². The lowest BCUT2D eigenvalue weighted by Crippen LogP contribution is -2.37. The highest BCUT2D eigenvalue weighted by Gasteiger charge is 2.56. The molecule has 0 aromatic carbocycles. The third-order valence-corrected chi connectivity index (χ3v) is 4.81. The molecule has 1 aromatic rings. The Hall–Kier alpha value is -2.23. The van der Waals surface area contributed by atoms with Crippen molar-refractivity contribution >= 4 is 5.97 Å². The summed E-state index contributed by atoms with van der Waals surface area (Å²) in [5.74, 6) is -1.17. The van der Waals surface area contributed by atoms with Crippen molar-refractivity contribution in [2.24, 2.45) is 0 Å². The van der Waals surface area contributed by atoms with Gasteiger partial charge in [-0.3, -0.25) is 19.1 Å². The topological polar surface area (TPSA) is 109 Å². The first-order valence-electron chi connectivity index (χ1n) is 9.94. The Morgan fingerprint density at radius 3 is 2.76 bits per heavy atom. The SMILES string of the molecule is CC/C=C\CCCC(=O)OCC1O[C@@H](n2ccc(=O)[nH]c2=O)[C@@H]2OC(C)(C)O[C@H]12. The minimum Gasteiger partial charge on any atom is -0.463 e. The molecule has 0 radical (unpaired) electrons. The second-order valence-electron chi connectivity index (χ2n) is 7.60. The fraction of sp³-hybridized carbons (Fsp3) is 0.650. The Labute approximate surface area is 168 Å². The van der Waals surface area contributed by atoms with Gasteiger partial charge < -0.3 is 18.9 Å². The molecular weight excluding hydrogens is 380 g/mol. The van der Waals surface area contributed by atoms with E-state index < -0.39 is 41.6 Å². The normalized spacial score (nSPS) is 28.0. The van der Waals surface area contributed by atoms with Gasteiger partial charge >= 0.3 is 11.7 Å². The standard InChI is InChI=1S/C20H28N2O7/c1-4-5-6-7-8-9-15(24)26-12-13-16-17(29-20(2,3)28-16)18(27-13)22-11-10-14(23)21-19(22)25/h5-6,10-11,13,16-18H,4,7-9,12H2,1-3H3,(H,21,23,25)/b6-5-/t13?,16-,17-,18-/m1/s1. The summed E-state index contributed by atoms with van der Waals surface area (Å²) in [6.07, 6.45) is 5.85. The number of carbonyl (C=O) groups is 1. The van der Waals surface area contributed by atoms with E-state index in [0.717, 1.165) is 19.3 Å². The van der Waals surface area contributed by atoms with E-state index in [-0.39, 0.29) is 12.6 Å². The van der Waals surface area contributed by atoms with Crippen LogP contribution >= 0.6 is 0 Å². The minimum atomic E-state index is -0.864. The van der Waals surface area contributed by atoms with E-state index >= 15 is 0 Å². The summed E-state index contributed by atoms with van der Waals surface area (Å²) in [6, 6.07) is 1.24. The summed E-state index contributed by atoms with van der Waals surface area (Å²) in [5.41, 5.74) is -1.10. The third kappa shape index (κ3) is 5.23. The molecule has 9 heteroatoms. The van der Waals surface area contributed by atoms with Gasteiger partial charge in [-0.25, -0.2) is 4.79 Å². The number of hydrogen-bond acceptors (Lipinski definition) is 7. The fourth-order valence-corrected chi connectivity index (χ4v) is 3.54. The van der Waals surface area contributed by atoms with Gasteiger partial charge in [-0.05, 0) is 33.1 Å². The van der Waals surface area contributed by atoms with Crippen molar-refractivity contribution in [1.29, 1.82) is 0 Å². The van der Waals surface area contributed by atoms with Crippen molar-refractivity contribution < 1.29 is 23.7 Å². The minimum absolute atomic E-state index is 0.00115. The van der Waals surface area contributed by atoms with E-state index in [0.29, 0.717) is 6.42 Å². The van der Waals surface area contributed by atoms with Crippen LogP contribution in [-0.2, 0) is 23.7 Å². The molecule has 2 saturated heterocycles. The number of esters is 1. The van der Waals surface area contributed by atoms with Gasteiger partial charge in [-0.15, -0.1) is 0 Å². The van der Waals surface area contributed by atoms with Gasteiger partial charge in [0, 0.05) is 18.7 Å². The summed E-state index contributed by atoms with van der Waals surface area (Å²) in [5, 5.41) is 0. The van der Waals surface area contributed by atoms with Crippen molar-refractivity contribution in [2.45, 2.75) is 76.8 Å². The number of fused-ring (bicyclic) bond motifs is 1. The van der Waals surface area contributed by atoms with Crippen LogP contribution in [0.2, 0.25) is 0 Å². The molecule has 3 heterocycles. The van der Waals surface area contributed by atoms with Gasteiger partial charge in [0.05, 0.1) is 0 Å². The highest BCUT2D eigenvalue weighted by Crippen LogP contribution is 2.42. The van der Waals surface area contributed by atoms with Gasteiger partial charge in [0.25, 0.3) is 5.56 Å². The number of ether oxygens (including phenoxy) is 4. The van der Waals surface area contributed by atoms with Crippen LogP contribution in [-0.4, -0.2) is 46.2 Å². The first kappa shape index (κ1) is 21.5. The maximum Gasteiger partial charge on any atom is 0.330 e. The van der Waals surface area contributed by atoms with E-state index in [9.17, 15) is 14.4 Å². The molecule has 1 aromatic heterocycles. The van der Waals surface area contributed by atoms with E-state index in [4.69, 9.17) is 18.9 Å². The molecule has 160 valence electrons. The molecule has 0 saturated carbocycles. The van der Waals surface area contributed by atoms with Gasteiger partial charge in [0.2, 0.25) is 0 Å². The Bertz CT molecular complexity index is 857. The zero-order valence-electron chi connectivity index (χ0n) is 17.0. The van der Waals surface area contributed by atoms with Crippen molar-refractivity contribution in [2.75, 3.05) is 6.61 Å². The Balaban J connectivity index is 1.63. The van der Waals surface area contributed by atoms with Crippen LogP contribution in [0.25, 0.3) is 0 Å². The van der Waals surface area contributed by atoms with E-state index in [1.807, 2.05) is 0 Å². The van der Waals surface area contributed by atoms with Gasteiger partial charge in [-0.1, -0.05) is 19.1 Å². The lowest BCUT2D eigenvalue weighted by atomic mass is 10.1. The number of nitrogens with one attached hydrogen (secondary N) is 1. The number of aromatic nitrogens is 2. The second kappa shape index (κ2) is 9.06. The summed E-state index contributed by atoms with van der Waals surface area (Å²) in [4.78, 5) is 37.8. The van der Waals surface area contributed by atoms with Crippen molar-refractivity contribution in [3.8, 4) is 0 Å². The van der Waals surface area contributed by atoms with Crippen LogP contribution in [0.1, 0.15) is 52.7 Å². The first-order valence-corrected chi connectivity index (χ1v) is 9.94. The smallest absolute Gasteiger partial charge is 0.330 e. The second-order valence-corrected chi connectivity index (χ2v) is 7.60. The van der Waals surface area contributed by atoms with Gasteiger partial charge in [0.15, 0.2) is 12.0 Å². The summed E-state index contributed by atoms with van der Waals surface area (Å²) in [6.45, 7) is 5.60. The first-order chi connectivity index (χ1) is 13.8. The number of rotatable bonds is 8. The molecule has 3 rings (SSSR count). The molecule has 0 spiro atoms. The highest BCUT2D eigenvalue weighted by molar-refractivity contribution is 5.69. The summed E-state index contributed by atoms with van der Waals surface area (Å²) in [7, 11) is 0. The predicted octanol–water partition coefficient (Wildman–Crippen LogP) is 1.63. The fourth-order valence-electron chi connectivity index (χ4n) is 3.54. The Kier molecular flexibility index (Phi) is 6.71. The largest absolute Gasteiger partial charge is 0.463 e. The molecule has 2 aliphatic rings. The van der Waals surface area contributed by atoms with Crippen LogP contribution in [0.4, 0.5) is 0 Å². The van der Waals surface area contributed by atoms with Gasteiger partial charge in [0.1, 0.15) is 24.9 Å². The van der Waals surface area contributed by atoms with Crippen LogP contribution in [0, 0.1) is 0 Å². The molecule has 1 N–H and O–H groups in total. The van der Waals surface area contributed by atoms with E-state index in [1.165, 1.54) is 16.8 Å². The number of hydrogen-bond donors (Lipinski definition) is 1. The molecule has 0 aliphatic carbocycles. The van der Waals surface area contributed by atoms with Crippen molar-refractivity contribution in [1.82, 2.24) is 9.55 Å². The zero-order chi connectivity index (χ0) is 21.0. The third-order valence-electron chi connectivity index (χ3n) is 4.81. The maximum absolute atomic E-state index is 12.2. The molecule has 4 atom stereocenters. The Morgan fingerprint density at radius 2 is 2.03 bits per heavy atom. The van der Waals surface area contributed by atoms with Crippen molar-refractivity contribution in [3.05, 3.63) is 45.3 Å². The number of allylic oxidation sites excluding steroid dienone is 2. The predicted molar refractivity (Wildman–Crippen MR) is 103 cm³/mol. The number of aromatic amines is 1. The average Bonchev–Trinajstić information content (AvgIpc) is 3.13. The van der Waals surface area contributed by atoms with Crippen molar-refractivity contribution in [3.63, 3.8) is 0 Å². The highest BCUT2D eigenvalue weighted by atomic mass is 16.8.